The number of nitrogens with two attached hydrogens (primary N) is 1. The predicted octanol–water partition coefficient (Wildman–Crippen LogP) is 0.384. The lowest BCUT2D eigenvalue weighted by molar-refractivity contribution is 0.0797. The van der Waals surface area contributed by atoms with E-state index in [1.807, 2.05) is 14.1 Å². The van der Waals surface area contributed by atoms with E-state index in [9.17, 15) is 5.11 Å². The zero-order chi connectivity index (χ0) is 9.14. The Morgan fingerprint density at radius 1 is 1.25 bits per heavy atom. The van der Waals surface area contributed by atoms with Gasteiger partial charge < -0.3 is 10.8 Å². The van der Waals surface area contributed by atoms with Crippen LogP contribution >= 0.6 is 0 Å². The molecule has 1 atom stereocenters. The van der Waals surface area contributed by atoms with Crippen molar-refractivity contribution in [2.75, 3.05) is 14.1 Å². The summed E-state index contributed by atoms with van der Waals surface area (Å²) in [4.78, 5) is 2.06. The van der Waals surface area contributed by atoms with E-state index >= 15 is 0 Å². The molecule has 1 aliphatic rings. The van der Waals surface area contributed by atoms with Crippen molar-refractivity contribution in [2.45, 2.75) is 38.0 Å². The molecule has 72 valence electrons. The second-order valence-electron chi connectivity index (χ2n) is 4.02. The predicted molar refractivity (Wildman–Crippen MR) is 49.6 cm³/mol. The van der Waals surface area contributed by atoms with Crippen LogP contribution in [0.3, 0.4) is 0 Å². The number of hydrogen-bond acceptors (Lipinski definition) is 3. The maximum Gasteiger partial charge on any atom is 0.0595 e. The van der Waals surface area contributed by atoms with Gasteiger partial charge in [-0.1, -0.05) is 0 Å². The van der Waals surface area contributed by atoms with Gasteiger partial charge in [0.2, 0.25) is 0 Å². The van der Waals surface area contributed by atoms with E-state index in [2.05, 4.69) is 4.90 Å². The third-order valence-electron chi connectivity index (χ3n) is 2.82. The van der Waals surface area contributed by atoms with Crippen LogP contribution in [-0.2, 0) is 0 Å². The Morgan fingerprint density at radius 3 is 2.17 bits per heavy atom. The molecule has 0 amide bonds. The number of rotatable bonds is 2. The number of aliphatic hydroxyl groups excluding tert-OH is 1. The Bertz CT molecular complexity index is 130. The Labute approximate surface area is 74.5 Å². The highest BCUT2D eigenvalue weighted by Gasteiger charge is 2.25. The van der Waals surface area contributed by atoms with Crippen molar-refractivity contribution in [2.24, 2.45) is 11.7 Å². The van der Waals surface area contributed by atoms with E-state index in [-0.39, 0.29) is 12.3 Å². The van der Waals surface area contributed by atoms with Gasteiger partial charge in [-0.3, -0.25) is 4.90 Å². The SMILES string of the molecule is CN(C)[C@H](N)C1CCC(O)CC1. The maximum absolute atomic E-state index is 9.29. The van der Waals surface area contributed by atoms with Gasteiger partial charge in [-0.2, -0.15) is 0 Å². The molecular weight excluding hydrogens is 152 g/mol. The standard InChI is InChI=1S/C9H20N2O/c1-11(2)9(10)7-3-5-8(12)6-4-7/h7-9,12H,3-6,10H2,1-2H3/t7?,8?,9-/m0/s1. The average molecular weight is 172 g/mol. The fourth-order valence-corrected chi connectivity index (χ4v) is 1.86. The summed E-state index contributed by atoms with van der Waals surface area (Å²) in [6.45, 7) is 0. The van der Waals surface area contributed by atoms with Crippen molar-refractivity contribution in [3.8, 4) is 0 Å². The Balaban J connectivity index is 2.34. The van der Waals surface area contributed by atoms with Crippen molar-refractivity contribution in [3.05, 3.63) is 0 Å². The van der Waals surface area contributed by atoms with Crippen molar-refractivity contribution in [1.29, 1.82) is 0 Å². The van der Waals surface area contributed by atoms with E-state index in [1.54, 1.807) is 0 Å². The first-order valence-electron chi connectivity index (χ1n) is 4.71. The van der Waals surface area contributed by atoms with Crippen LogP contribution in [-0.4, -0.2) is 36.4 Å². The summed E-state index contributed by atoms with van der Waals surface area (Å²) in [7, 11) is 4.02. The van der Waals surface area contributed by atoms with Crippen LogP contribution in [0.1, 0.15) is 25.7 Å². The summed E-state index contributed by atoms with van der Waals surface area (Å²) in [5.74, 6) is 0.573. The maximum atomic E-state index is 9.29. The lowest BCUT2D eigenvalue weighted by atomic mass is 9.85. The summed E-state index contributed by atoms with van der Waals surface area (Å²) in [6, 6.07) is 0. The zero-order valence-corrected chi connectivity index (χ0v) is 8.03. The van der Waals surface area contributed by atoms with E-state index in [4.69, 9.17) is 5.73 Å². The lowest BCUT2D eigenvalue weighted by Gasteiger charge is -2.33. The molecular formula is C9H20N2O. The molecule has 0 aromatic heterocycles. The highest BCUT2D eigenvalue weighted by molar-refractivity contribution is 4.77. The van der Waals surface area contributed by atoms with Crippen molar-refractivity contribution in [1.82, 2.24) is 4.90 Å². The molecule has 0 aromatic rings. The second kappa shape index (κ2) is 4.21. The minimum Gasteiger partial charge on any atom is -0.393 e. The van der Waals surface area contributed by atoms with Crippen LogP contribution in [0.15, 0.2) is 0 Å². The number of aliphatic hydroxyl groups is 1. The summed E-state index contributed by atoms with van der Waals surface area (Å²) in [5, 5.41) is 9.29. The van der Waals surface area contributed by atoms with Crippen LogP contribution in [0.2, 0.25) is 0 Å². The molecule has 0 radical (unpaired) electrons. The molecule has 1 fully saturated rings. The molecule has 0 aromatic carbocycles. The summed E-state index contributed by atoms with van der Waals surface area (Å²) in [6.07, 6.45) is 4.08. The average Bonchev–Trinajstić information content (AvgIpc) is 2.04. The van der Waals surface area contributed by atoms with Crippen LogP contribution in [0.4, 0.5) is 0 Å². The first kappa shape index (κ1) is 9.96. The summed E-state index contributed by atoms with van der Waals surface area (Å²) >= 11 is 0. The van der Waals surface area contributed by atoms with E-state index in [0.717, 1.165) is 25.7 Å². The van der Waals surface area contributed by atoms with Gasteiger partial charge in [-0.15, -0.1) is 0 Å². The van der Waals surface area contributed by atoms with Crippen LogP contribution in [0.25, 0.3) is 0 Å². The molecule has 0 saturated heterocycles. The summed E-state index contributed by atoms with van der Waals surface area (Å²) in [5.41, 5.74) is 5.98. The van der Waals surface area contributed by atoms with Crippen LogP contribution < -0.4 is 5.73 Å². The highest BCUT2D eigenvalue weighted by Crippen LogP contribution is 2.26. The molecule has 0 spiro atoms. The summed E-state index contributed by atoms with van der Waals surface area (Å²) < 4.78 is 0. The third kappa shape index (κ3) is 2.44. The first-order chi connectivity index (χ1) is 5.61. The highest BCUT2D eigenvalue weighted by atomic mass is 16.3. The second-order valence-corrected chi connectivity index (χ2v) is 4.02. The van der Waals surface area contributed by atoms with Gasteiger partial charge in [0.15, 0.2) is 0 Å². The van der Waals surface area contributed by atoms with E-state index in [1.165, 1.54) is 0 Å². The van der Waals surface area contributed by atoms with Crippen LogP contribution in [0.5, 0.6) is 0 Å². The zero-order valence-electron chi connectivity index (χ0n) is 8.03. The molecule has 1 rings (SSSR count). The van der Waals surface area contributed by atoms with Gasteiger partial charge in [-0.25, -0.2) is 0 Å². The Morgan fingerprint density at radius 2 is 1.75 bits per heavy atom. The monoisotopic (exact) mass is 172 g/mol. The van der Waals surface area contributed by atoms with Crippen LogP contribution in [0, 0.1) is 5.92 Å². The molecule has 0 aliphatic heterocycles. The molecule has 1 saturated carbocycles. The third-order valence-corrected chi connectivity index (χ3v) is 2.82. The smallest absolute Gasteiger partial charge is 0.0595 e. The largest absolute Gasteiger partial charge is 0.393 e. The van der Waals surface area contributed by atoms with Gasteiger partial charge in [0.05, 0.1) is 12.3 Å². The number of hydrogen-bond donors (Lipinski definition) is 2. The van der Waals surface area contributed by atoms with Crippen molar-refractivity contribution in [3.63, 3.8) is 0 Å². The normalized spacial score (nSPS) is 33.8. The minimum atomic E-state index is -0.0735. The Hall–Kier alpha value is -0.120. The van der Waals surface area contributed by atoms with Gasteiger partial charge >= 0.3 is 0 Å². The molecule has 1 aliphatic carbocycles. The molecule has 3 heteroatoms. The first-order valence-corrected chi connectivity index (χ1v) is 4.71. The van der Waals surface area contributed by atoms with Gasteiger partial charge in [0.25, 0.3) is 0 Å². The van der Waals surface area contributed by atoms with E-state index < -0.39 is 0 Å². The fourth-order valence-electron chi connectivity index (χ4n) is 1.86. The molecule has 0 bridgehead atoms. The fraction of sp³-hybridized carbons (Fsp3) is 1.00. The topological polar surface area (TPSA) is 49.5 Å². The van der Waals surface area contributed by atoms with Gasteiger partial charge in [-0.05, 0) is 45.7 Å². The van der Waals surface area contributed by atoms with Crippen molar-refractivity contribution < 1.29 is 5.11 Å². The molecule has 3 nitrogen and oxygen atoms in total. The van der Waals surface area contributed by atoms with Crippen molar-refractivity contribution >= 4 is 0 Å². The number of nitrogens with zero attached hydrogens (tertiary/aromatic N) is 1. The molecule has 3 N–H and O–H groups in total. The minimum absolute atomic E-state index is 0.0735. The molecule has 0 unspecified atom stereocenters. The lowest BCUT2D eigenvalue weighted by Crippen LogP contribution is -2.44. The van der Waals surface area contributed by atoms with E-state index in [0.29, 0.717) is 5.92 Å². The molecule has 12 heavy (non-hydrogen) atoms. The Kier molecular flexibility index (Phi) is 3.50. The quantitative estimate of drug-likeness (QED) is 0.592. The molecule has 0 heterocycles. The van der Waals surface area contributed by atoms with Gasteiger partial charge in [0, 0.05) is 0 Å². The van der Waals surface area contributed by atoms with Gasteiger partial charge in [0.1, 0.15) is 0 Å².